The summed E-state index contributed by atoms with van der Waals surface area (Å²) in [5.74, 6) is -0.286. The fourth-order valence-electron chi connectivity index (χ4n) is 3.31. The van der Waals surface area contributed by atoms with Gasteiger partial charge in [-0.05, 0) is 24.3 Å². The highest BCUT2D eigenvalue weighted by Crippen LogP contribution is 2.13. The number of benzene rings is 1. The minimum absolute atomic E-state index is 0.0189. The summed E-state index contributed by atoms with van der Waals surface area (Å²) in [4.78, 5) is 15.9. The van der Waals surface area contributed by atoms with E-state index in [1.54, 1.807) is 17.0 Å². The molecule has 0 unspecified atom stereocenters. The maximum Gasteiger partial charge on any atom is 0.253 e. The van der Waals surface area contributed by atoms with Crippen molar-refractivity contribution in [3.8, 4) is 0 Å². The number of rotatable bonds is 2. The zero-order valence-corrected chi connectivity index (χ0v) is 12.2. The molecule has 1 aromatic carbocycles. The molecular weight excluding hydrogens is 271 g/mol. The maximum absolute atomic E-state index is 12.9. The lowest BCUT2D eigenvalue weighted by Crippen LogP contribution is -3.18. The number of hydrogen-bond donors (Lipinski definition) is 1. The number of amides is 1. The summed E-state index contributed by atoms with van der Waals surface area (Å²) in [6.07, 6.45) is 2.09. The van der Waals surface area contributed by atoms with Crippen molar-refractivity contribution >= 4 is 5.91 Å². The lowest BCUT2D eigenvalue weighted by atomic mass is 10.0. The average Bonchev–Trinajstić information content (AvgIpc) is 2.56. The summed E-state index contributed by atoms with van der Waals surface area (Å²) in [7, 11) is 0. The average molecular weight is 293 g/mol. The first-order valence-corrected chi connectivity index (χ1v) is 7.71. The molecule has 1 aromatic rings. The minimum atomic E-state index is -0.304. The molecule has 0 radical (unpaired) electrons. The molecule has 0 spiro atoms. The number of halogens is 1. The molecule has 21 heavy (non-hydrogen) atoms. The molecule has 2 fully saturated rings. The van der Waals surface area contributed by atoms with Crippen LogP contribution in [-0.4, -0.2) is 56.2 Å². The summed E-state index contributed by atoms with van der Waals surface area (Å²) in [5, 5.41) is 0. The number of piperidine rings is 1. The van der Waals surface area contributed by atoms with Crippen LogP contribution in [0, 0.1) is 5.82 Å². The van der Waals surface area contributed by atoms with E-state index >= 15 is 0 Å². The lowest BCUT2D eigenvalue weighted by molar-refractivity contribution is -0.934. The first kappa shape index (κ1) is 14.5. The highest BCUT2D eigenvalue weighted by atomic mass is 19.1. The van der Waals surface area contributed by atoms with Gasteiger partial charge >= 0.3 is 0 Å². The third-order valence-corrected chi connectivity index (χ3v) is 4.59. The third-order valence-electron chi connectivity index (χ3n) is 4.59. The summed E-state index contributed by atoms with van der Waals surface area (Å²) in [6, 6.07) is 6.47. The quantitative estimate of drug-likeness (QED) is 0.853. The van der Waals surface area contributed by atoms with Crippen molar-refractivity contribution < 1.29 is 18.8 Å². The van der Waals surface area contributed by atoms with Crippen molar-refractivity contribution in [2.45, 2.75) is 18.9 Å². The predicted molar refractivity (Wildman–Crippen MR) is 76.8 cm³/mol. The molecule has 2 saturated heterocycles. The molecule has 3 rings (SSSR count). The second-order valence-corrected chi connectivity index (χ2v) is 5.84. The Morgan fingerprint density at radius 1 is 1.14 bits per heavy atom. The number of likely N-dealkylation sites (tertiary alicyclic amines) is 1. The number of ether oxygens (including phenoxy) is 1. The first-order chi connectivity index (χ1) is 10.2. The summed E-state index contributed by atoms with van der Waals surface area (Å²) < 4.78 is 18.3. The van der Waals surface area contributed by atoms with E-state index in [1.807, 2.05) is 4.90 Å². The van der Waals surface area contributed by atoms with E-state index in [0.29, 0.717) is 11.6 Å². The van der Waals surface area contributed by atoms with Crippen molar-refractivity contribution in [3.05, 3.63) is 35.6 Å². The van der Waals surface area contributed by atoms with E-state index in [4.69, 9.17) is 4.74 Å². The van der Waals surface area contributed by atoms with Gasteiger partial charge in [-0.2, -0.15) is 0 Å². The van der Waals surface area contributed by atoms with Crippen LogP contribution in [0.25, 0.3) is 0 Å². The van der Waals surface area contributed by atoms with Gasteiger partial charge in [0, 0.05) is 31.5 Å². The van der Waals surface area contributed by atoms with E-state index in [-0.39, 0.29) is 11.7 Å². The molecule has 0 aromatic heterocycles. The smallest absolute Gasteiger partial charge is 0.253 e. The summed E-state index contributed by atoms with van der Waals surface area (Å²) in [5.41, 5.74) is 0.577. The third kappa shape index (κ3) is 3.41. The van der Waals surface area contributed by atoms with Gasteiger partial charge in [-0.1, -0.05) is 0 Å². The largest absolute Gasteiger partial charge is 0.370 e. The van der Waals surface area contributed by atoms with Crippen molar-refractivity contribution in [1.29, 1.82) is 0 Å². The van der Waals surface area contributed by atoms with E-state index in [1.165, 1.54) is 12.1 Å². The second kappa shape index (κ2) is 6.54. The van der Waals surface area contributed by atoms with Gasteiger partial charge < -0.3 is 14.5 Å². The highest BCUT2D eigenvalue weighted by Gasteiger charge is 2.30. The van der Waals surface area contributed by atoms with Gasteiger partial charge in [-0.3, -0.25) is 4.79 Å². The topological polar surface area (TPSA) is 34.0 Å². The molecule has 0 aliphatic carbocycles. The number of hydrogen-bond acceptors (Lipinski definition) is 2. The molecule has 5 heteroatoms. The minimum Gasteiger partial charge on any atom is -0.370 e. The van der Waals surface area contributed by atoms with E-state index in [0.717, 1.165) is 52.2 Å². The monoisotopic (exact) mass is 293 g/mol. The lowest BCUT2D eigenvalue weighted by Gasteiger charge is -2.37. The molecule has 4 nitrogen and oxygen atoms in total. The number of carbonyl (C=O) groups excluding carboxylic acids is 1. The van der Waals surface area contributed by atoms with Gasteiger partial charge in [0.15, 0.2) is 0 Å². The van der Waals surface area contributed by atoms with Crippen LogP contribution < -0.4 is 4.90 Å². The van der Waals surface area contributed by atoms with Gasteiger partial charge in [0.05, 0.1) is 19.3 Å². The van der Waals surface area contributed by atoms with Crippen molar-refractivity contribution in [2.75, 3.05) is 39.4 Å². The second-order valence-electron chi connectivity index (χ2n) is 5.84. The summed E-state index contributed by atoms with van der Waals surface area (Å²) >= 11 is 0. The normalized spacial score (nSPS) is 21.5. The van der Waals surface area contributed by atoms with Crippen LogP contribution in [0.4, 0.5) is 4.39 Å². The molecule has 2 heterocycles. The Morgan fingerprint density at radius 3 is 2.38 bits per heavy atom. The fraction of sp³-hybridized carbons (Fsp3) is 0.562. The maximum atomic E-state index is 12.9. The molecule has 114 valence electrons. The van der Waals surface area contributed by atoms with Gasteiger partial charge in [0.25, 0.3) is 5.91 Å². The van der Waals surface area contributed by atoms with Crippen molar-refractivity contribution in [3.63, 3.8) is 0 Å². The van der Waals surface area contributed by atoms with Crippen LogP contribution in [0.3, 0.4) is 0 Å². The van der Waals surface area contributed by atoms with Crippen LogP contribution in [0.1, 0.15) is 23.2 Å². The molecule has 2 aliphatic rings. The van der Waals surface area contributed by atoms with E-state index in [9.17, 15) is 9.18 Å². The van der Waals surface area contributed by atoms with Crippen LogP contribution >= 0.6 is 0 Å². The van der Waals surface area contributed by atoms with Crippen LogP contribution in [-0.2, 0) is 4.74 Å². The number of carbonyl (C=O) groups is 1. The Balaban J connectivity index is 1.55. The Labute approximate surface area is 124 Å². The molecule has 0 atom stereocenters. The zero-order chi connectivity index (χ0) is 14.7. The van der Waals surface area contributed by atoms with Crippen LogP contribution in [0.2, 0.25) is 0 Å². The van der Waals surface area contributed by atoms with Gasteiger partial charge in [0.1, 0.15) is 18.9 Å². The molecule has 0 saturated carbocycles. The standard InChI is InChI=1S/C16H21FN2O2/c17-14-3-1-13(2-4-14)16(20)19-7-5-15(6-8-19)18-9-11-21-12-10-18/h1-4,15H,5-12H2/p+1. The number of nitrogens with zero attached hydrogens (tertiary/aromatic N) is 1. The number of nitrogens with one attached hydrogen (secondary N) is 1. The van der Waals surface area contributed by atoms with Gasteiger partial charge in [-0.15, -0.1) is 0 Å². The van der Waals surface area contributed by atoms with Crippen molar-refractivity contribution in [1.82, 2.24) is 4.90 Å². The molecule has 1 amide bonds. The van der Waals surface area contributed by atoms with Gasteiger partial charge in [-0.25, -0.2) is 4.39 Å². The Morgan fingerprint density at radius 2 is 1.76 bits per heavy atom. The Kier molecular flexibility index (Phi) is 4.51. The molecule has 1 N–H and O–H groups in total. The highest BCUT2D eigenvalue weighted by molar-refractivity contribution is 5.94. The molecule has 2 aliphatic heterocycles. The summed E-state index contributed by atoms with van der Waals surface area (Å²) in [6.45, 7) is 5.46. The van der Waals surface area contributed by atoms with Crippen LogP contribution in [0.5, 0.6) is 0 Å². The number of quaternary nitrogens is 1. The zero-order valence-electron chi connectivity index (χ0n) is 12.2. The fourth-order valence-corrected chi connectivity index (χ4v) is 3.31. The predicted octanol–water partition coefficient (Wildman–Crippen LogP) is 0.345. The van der Waals surface area contributed by atoms with Gasteiger partial charge in [0.2, 0.25) is 0 Å². The Hall–Kier alpha value is -1.46. The Bertz CT molecular complexity index is 478. The first-order valence-electron chi connectivity index (χ1n) is 7.71. The molecule has 0 bridgehead atoms. The van der Waals surface area contributed by atoms with Crippen LogP contribution in [0.15, 0.2) is 24.3 Å². The van der Waals surface area contributed by atoms with Crippen molar-refractivity contribution in [2.24, 2.45) is 0 Å². The SMILES string of the molecule is O=C(c1ccc(F)cc1)N1CCC([NH+]2CCOCC2)CC1. The molecular formula is C16H22FN2O2+. The van der Waals surface area contributed by atoms with E-state index in [2.05, 4.69) is 0 Å². The number of morpholine rings is 1. The van der Waals surface area contributed by atoms with E-state index < -0.39 is 0 Å².